The number of para-hydroxylation sites is 1. The minimum absolute atomic E-state index is 0.182. The van der Waals surface area contributed by atoms with Gasteiger partial charge in [-0.25, -0.2) is 0 Å². The lowest BCUT2D eigenvalue weighted by Gasteiger charge is -2.15. The lowest BCUT2D eigenvalue weighted by Crippen LogP contribution is -2.32. The third-order valence-corrected chi connectivity index (χ3v) is 7.36. The molecule has 0 radical (unpaired) electrons. The van der Waals surface area contributed by atoms with Crippen LogP contribution in [0.25, 0.3) is 6.08 Å². The Morgan fingerprint density at radius 1 is 1.00 bits per heavy atom. The number of rotatable bonds is 10. The summed E-state index contributed by atoms with van der Waals surface area (Å²) in [5.74, 6) is 1.60. The van der Waals surface area contributed by atoms with Crippen LogP contribution in [-0.4, -0.2) is 35.8 Å². The van der Waals surface area contributed by atoms with Gasteiger partial charge in [0.15, 0.2) is 11.5 Å². The molecule has 1 fully saturated rings. The smallest absolute Gasteiger partial charge is 0.293 e. The summed E-state index contributed by atoms with van der Waals surface area (Å²) in [6.07, 6.45) is 1.71. The molecule has 0 aromatic heterocycles. The molecule has 0 N–H and O–H groups in total. The van der Waals surface area contributed by atoms with Crippen LogP contribution in [0.4, 0.5) is 4.79 Å². The second-order valence-electron chi connectivity index (χ2n) is 7.67. The van der Waals surface area contributed by atoms with Gasteiger partial charge in [0.2, 0.25) is 0 Å². The Labute approximate surface area is 236 Å². The highest BCUT2D eigenvalue weighted by Crippen LogP contribution is 2.38. The van der Waals surface area contributed by atoms with Crippen molar-refractivity contribution in [3.05, 3.63) is 90.8 Å². The monoisotopic (exact) mass is 679 g/mol. The minimum atomic E-state index is -0.329. The van der Waals surface area contributed by atoms with E-state index in [0.29, 0.717) is 35.4 Å². The maximum Gasteiger partial charge on any atom is 0.293 e. The molecule has 0 aliphatic carbocycles. The largest absolute Gasteiger partial charge is 0.492 e. The number of nitrogens with zero attached hydrogens (tertiary/aromatic N) is 1. The van der Waals surface area contributed by atoms with Gasteiger partial charge in [-0.2, -0.15) is 0 Å². The van der Waals surface area contributed by atoms with Gasteiger partial charge >= 0.3 is 0 Å². The molecule has 3 aromatic carbocycles. The average Bonchev–Trinajstić information content (AvgIpc) is 3.13. The zero-order chi connectivity index (χ0) is 25.5. The van der Waals surface area contributed by atoms with Crippen molar-refractivity contribution in [1.82, 2.24) is 4.90 Å². The third-order valence-electron chi connectivity index (χ3n) is 5.13. The zero-order valence-electron chi connectivity index (χ0n) is 19.4. The van der Waals surface area contributed by atoms with Gasteiger partial charge in [-0.3, -0.25) is 14.5 Å². The molecule has 36 heavy (non-hydrogen) atoms. The highest BCUT2D eigenvalue weighted by Gasteiger charge is 2.35. The van der Waals surface area contributed by atoms with Crippen LogP contribution in [0, 0.1) is 3.57 Å². The SMILES string of the molecule is CCOc1cc(/C=C2\SC(=O)N(CCOc3ccccc3)C2=O)cc(I)c1OCc1ccc(Br)cc1. The maximum atomic E-state index is 12.9. The molecule has 0 spiro atoms. The molecular weight excluding hydrogens is 657 g/mol. The van der Waals surface area contributed by atoms with Crippen molar-refractivity contribution >= 4 is 67.5 Å². The number of ether oxygens (including phenoxy) is 3. The third kappa shape index (κ3) is 6.83. The predicted octanol–water partition coefficient (Wildman–Crippen LogP) is 7.15. The molecule has 3 aromatic rings. The van der Waals surface area contributed by atoms with Crippen LogP contribution in [-0.2, 0) is 11.4 Å². The van der Waals surface area contributed by atoms with Gasteiger partial charge < -0.3 is 14.2 Å². The molecule has 1 aliphatic heterocycles. The number of halogens is 2. The molecule has 4 rings (SSSR count). The van der Waals surface area contributed by atoms with Crippen molar-refractivity contribution in [2.45, 2.75) is 13.5 Å². The summed E-state index contributed by atoms with van der Waals surface area (Å²) >= 11 is 6.56. The minimum Gasteiger partial charge on any atom is -0.492 e. The van der Waals surface area contributed by atoms with E-state index in [-0.39, 0.29) is 24.3 Å². The van der Waals surface area contributed by atoms with Crippen LogP contribution in [0.5, 0.6) is 17.2 Å². The van der Waals surface area contributed by atoms with E-state index in [9.17, 15) is 9.59 Å². The number of carbonyl (C=O) groups excluding carboxylic acids is 2. The Bertz CT molecular complexity index is 1270. The fraction of sp³-hybridized carbons (Fsp3) is 0.185. The van der Waals surface area contributed by atoms with Crippen molar-refractivity contribution in [1.29, 1.82) is 0 Å². The van der Waals surface area contributed by atoms with Crippen molar-refractivity contribution in [3.8, 4) is 17.2 Å². The Balaban J connectivity index is 1.46. The van der Waals surface area contributed by atoms with Crippen LogP contribution in [0.15, 0.2) is 76.1 Å². The number of hydrogen-bond acceptors (Lipinski definition) is 6. The van der Waals surface area contributed by atoms with Crippen LogP contribution in [0.3, 0.4) is 0 Å². The maximum absolute atomic E-state index is 12.9. The van der Waals surface area contributed by atoms with Gasteiger partial charge in [0.05, 0.1) is 21.6 Å². The molecule has 0 unspecified atom stereocenters. The predicted molar refractivity (Wildman–Crippen MR) is 153 cm³/mol. The van der Waals surface area contributed by atoms with E-state index in [1.165, 1.54) is 4.90 Å². The Kier molecular flexibility index (Phi) is 9.33. The highest BCUT2D eigenvalue weighted by molar-refractivity contribution is 14.1. The van der Waals surface area contributed by atoms with E-state index in [0.717, 1.165) is 30.9 Å². The molecular formula is C27H23BrINO5S. The molecule has 1 saturated heterocycles. The Morgan fingerprint density at radius 2 is 1.75 bits per heavy atom. The summed E-state index contributed by atoms with van der Waals surface area (Å²) < 4.78 is 19.4. The van der Waals surface area contributed by atoms with E-state index in [1.54, 1.807) is 6.08 Å². The molecule has 9 heteroatoms. The first-order valence-electron chi connectivity index (χ1n) is 11.2. The first-order valence-corrected chi connectivity index (χ1v) is 13.9. The lowest BCUT2D eigenvalue weighted by atomic mass is 10.1. The van der Waals surface area contributed by atoms with Gasteiger partial charge in [0.1, 0.15) is 19.0 Å². The second-order valence-corrected chi connectivity index (χ2v) is 10.7. The van der Waals surface area contributed by atoms with Crippen molar-refractivity contribution < 1.29 is 23.8 Å². The summed E-state index contributed by atoms with van der Waals surface area (Å²) in [7, 11) is 0. The van der Waals surface area contributed by atoms with E-state index < -0.39 is 0 Å². The molecule has 0 bridgehead atoms. The molecule has 1 aliphatic rings. The van der Waals surface area contributed by atoms with Gasteiger partial charge in [-0.1, -0.05) is 46.3 Å². The van der Waals surface area contributed by atoms with E-state index in [4.69, 9.17) is 14.2 Å². The average molecular weight is 680 g/mol. The van der Waals surface area contributed by atoms with Crippen LogP contribution < -0.4 is 14.2 Å². The van der Waals surface area contributed by atoms with Gasteiger partial charge in [0.25, 0.3) is 11.1 Å². The Hall–Kier alpha value is -2.50. The quantitative estimate of drug-likeness (QED) is 0.168. The highest BCUT2D eigenvalue weighted by atomic mass is 127. The number of thioether (sulfide) groups is 1. The molecule has 186 valence electrons. The number of carbonyl (C=O) groups is 2. The van der Waals surface area contributed by atoms with E-state index in [2.05, 4.69) is 38.5 Å². The Morgan fingerprint density at radius 3 is 2.47 bits per heavy atom. The molecule has 1 heterocycles. The molecule has 2 amide bonds. The number of benzene rings is 3. The van der Waals surface area contributed by atoms with Crippen molar-refractivity contribution in [2.24, 2.45) is 0 Å². The topological polar surface area (TPSA) is 65.1 Å². The summed E-state index contributed by atoms with van der Waals surface area (Å²) in [4.78, 5) is 27.0. The van der Waals surface area contributed by atoms with Crippen molar-refractivity contribution in [3.63, 3.8) is 0 Å². The second kappa shape index (κ2) is 12.6. The van der Waals surface area contributed by atoms with Crippen molar-refractivity contribution in [2.75, 3.05) is 19.8 Å². The zero-order valence-corrected chi connectivity index (χ0v) is 24.0. The molecule has 0 saturated carbocycles. The summed E-state index contributed by atoms with van der Waals surface area (Å²) in [5, 5.41) is -0.308. The van der Waals surface area contributed by atoms with Crippen LogP contribution in [0.2, 0.25) is 0 Å². The fourth-order valence-corrected chi connectivity index (χ4v) is 5.34. The number of imide groups is 1. The van der Waals surface area contributed by atoms with E-state index >= 15 is 0 Å². The molecule has 0 atom stereocenters. The first-order chi connectivity index (χ1) is 17.4. The van der Waals surface area contributed by atoms with Gasteiger partial charge in [-0.05, 0) is 94.9 Å². The van der Waals surface area contributed by atoms with E-state index in [1.807, 2.05) is 73.7 Å². The summed E-state index contributed by atoms with van der Waals surface area (Å²) in [5.41, 5.74) is 1.79. The molecule has 6 nitrogen and oxygen atoms in total. The summed E-state index contributed by atoms with van der Waals surface area (Å²) in [6.45, 7) is 3.17. The van der Waals surface area contributed by atoms with Crippen LogP contribution in [0.1, 0.15) is 18.1 Å². The van der Waals surface area contributed by atoms with Crippen LogP contribution >= 0.6 is 50.3 Å². The van der Waals surface area contributed by atoms with Gasteiger partial charge in [0, 0.05) is 4.47 Å². The number of hydrogen-bond donors (Lipinski definition) is 0. The normalized spacial score (nSPS) is 14.4. The fourth-order valence-electron chi connectivity index (χ4n) is 3.43. The number of amides is 2. The first kappa shape index (κ1) is 26.6. The lowest BCUT2D eigenvalue weighted by molar-refractivity contribution is -0.123. The van der Waals surface area contributed by atoms with Gasteiger partial charge in [-0.15, -0.1) is 0 Å². The summed E-state index contributed by atoms with van der Waals surface area (Å²) in [6, 6.07) is 21.0. The standard InChI is InChI=1S/C27H23BrINO5S/c1-2-33-23-15-19(14-22(29)25(23)35-17-18-8-10-20(28)11-9-18)16-24-26(31)30(27(32)36-24)12-13-34-21-6-4-3-5-7-21/h3-11,14-16H,2,12-13,17H2,1H3/b24-16-.